The zero-order chi connectivity index (χ0) is 27.9. The van der Waals surface area contributed by atoms with Gasteiger partial charge in [-0.1, -0.05) is 60.1 Å². The fourth-order valence-electron chi connectivity index (χ4n) is 6.27. The Morgan fingerprint density at radius 1 is 0.949 bits per heavy atom. The van der Waals surface area contributed by atoms with Gasteiger partial charge in [-0.3, -0.25) is 24.6 Å². The number of carbonyl (C=O) groups excluding carboxylic acids is 3. The van der Waals surface area contributed by atoms with Crippen LogP contribution in [-0.2, 0) is 35.5 Å². The van der Waals surface area contributed by atoms with Crippen molar-refractivity contribution in [2.24, 2.45) is 11.8 Å². The molecule has 3 atom stereocenters. The number of hydrogen-bond donors (Lipinski definition) is 0. The highest BCUT2D eigenvalue weighted by Crippen LogP contribution is 2.69. The maximum absolute atomic E-state index is 14.0. The van der Waals surface area contributed by atoms with Gasteiger partial charge in [-0.2, -0.15) is 0 Å². The molecule has 0 saturated carbocycles. The van der Waals surface area contributed by atoms with Gasteiger partial charge in [0.1, 0.15) is 22.4 Å². The minimum absolute atomic E-state index is 0.112. The standard InChI is InChI=1S/C28H19Cl3N2O6/c1-14(26(36)39-13-15-10-11-16(29)12-21(15)33(37)38)32-24(34)22-23(25(32)35)28(31)18-7-3-2-6-17(18)27(22,30)19-8-4-5-9-20(19)28/h2-12,14,22-23H,13H2,1H3/t14-,22+,23+,27?,28?/m1/s1. The Labute approximate surface area is 237 Å². The second-order valence-corrected chi connectivity index (χ2v) is 11.5. The van der Waals surface area contributed by atoms with Crippen LogP contribution in [0.2, 0.25) is 5.02 Å². The van der Waals surface area contributed by atoms with Crippen LogP contribution < -0.4 is 0 Å². The first-order valence-electron chi connectivity index (χ1n) is 12.1. The molecule has 3 aromatic carbocycles. The first-order chi connectivity index (χ1) is 18.5. The highest BCUT2D eigenvalue weighted by atomic mass is 35.5. The molecular weight excluding hydrogens is 567 g/mol. The number of imide groups is 1. The molecule has 1 aliphatic heterocycles. The lowest BCUT2D eigenvalue weighted by Crippen LogP contribution is -2.57. The third kappa shape index (κ3) is 3.35. The van der Waals surface area contributed by atoms with Gasteiger partial charge in [0.2, 0.25) is 11.8 Å². The molecule has 0 N–H and O–H groups in total. The monoisotopic (exact) mass is 584 g/mol. The van der Waals surface area contributed by atoms with Crippen molar-refractivity contribution in [2.75, 3.05) is 0 Å². The number of alkyl halides is 2. The normalized spacial score (nSPS) is 27.0. The highest BCUT2D eigenvalue weighted by Gasteiger charge is 2.73. The third-order valence-electron chi connectivity index (χ3n) is 7.96. The average molecular weight is 586 g/mol. The van der Waals surface area contributed by atoms with E-state index in [0.29, 0.717) is 22.3 Å². The molecule has 2 amide bonds. The van der Waals surface area contributed by atoms with Gasteiger partial charge in [0.15, 0.2) is 0 Å². The zero-order valence-corrected chi connectivity index (χ0v) is 22.5. The van der Waals surface area contributed by atoms with E-state index in [0.717, 1.165) is 11.0 Å². The number of hydrogen-bond acceptors (Lipinski definition) is 6. The van der Waals surface area contributed by atoms with Crippen LogP contribution in [0.25, 0.3) is 0 Å². The Bertz CT molecular complexity index is 1490. The molecule has 0 aromatic heterocycles. The Morgan fingerprint density at radius 3 is 1.85 bits per heavy atom. The predicted octanol–water partition coefficient (Wildman–Crippen LogP) is 5.27. The van der Waals surface area contributed by atoms with E-state index in [1.807, 2.05) is 24.3 Å². The van der Waals surface area contributed by atoms with Crippen molar-refractivity contribution in [1.29, 1.82) is 0 Å². The van der Waals surface area contributed by atoms with E-state index in [-0.39, 0.29) is 16.3 Å². The number of carbonyl (C=O) groups is 3. The summed E-state index contributed by atoms with van der Waals surface area (Å²) in [7, 11) is 0. The minimum Gasteiger partial charge on any atom is -0.459 e. The van der Waals surface area contributed by atoms with Crippen LogP contribution >= 0.6 is 34.8 Å². The van der Waals surface area contributed by atoms with Crippen LogP contribution in [0.3, 0.4) is 0 Å². The summed E-state index contributed by atoms with van der Waals surface area (Å²) in [6.45, 7) is 0.922. The topological polar surface area (TPSA) is 107 Å². The summed E-state index contributed by atoms with van der Waals surface area (Å²) >= 11 is 20.6. The summed E-state index contributed by atoms with van der Waals surface area (Å²) in [5.41, 5.74) is 2.39. The summed E-state index contributed by atoms with van der Waals surface area (Å²) in [6, 6.07) is 17.1. The molecule has 8 nitrogen and oxygen atoms in total. The number of halogens is 3. The van der Waals surface area contributed by atoms with Gasteiger partial charge in [-0.25, -0.2) is 4.79 Å². The molecule has 0 spiro atoms. The van der Waals surface area contributed by atoms with E-state index in [4.69, 9.17) is 39.5 Å². The summed E-state index contributed by atoms with van der Waals surface area (Å²) in [4.78, 5) is 49.9. The van der Waals surface area contributed by atoms with E-state index in [1.165, 1.54) is 19.1 Å². The summed E-state index contributed by atoms with van der Waals surface area (Å²) < 4.78 is 5.33. The first-order valence-corrected chi connectivity index (χ1v) is 13.2. The highest BCUT2D eigenvalue weighted by molar-refractivity contribution is 6.36. The van der Waals surface area contributed by atoms with Gasteiger partial charge in [0.25, 0.3) is 5.69 Å². The molecule has 0 radical (unpaired) electrons. The molecule has 1 saturated heterocycles. The molecule has 198 valence electrons. The van der Waals surface area contributed by atoms with E-state index < -0.39 is 56.9 Å². The maximum atomic E-state index is 14.0. The van der Waals surface area contributed by atoms with Crippen LogP contribution in [0.5, 0.6) is 0 Å². The van der Waals surface area contributed by atoms with Crippen molar-refractivity contribution in [3.05, 3.63) is 110 Å². The van der Waals surface area contributed by atoms with Crippen molar-refractivity contribution in [1.82, 2.24) is 4.90 Å². The SMILES string of the molecule is C[C@H](C(=O)OCc1ccc(Cl)cc1[N+](=O)[O-])N1C(=O)[C@@H]2[C@@H](C1=O)C1(Cl)c3ccccc3C2(Cl)c2ccccc21. The average Bonchev–Trinajstić information content (AvgIpc) is 3.21. The maximum Gasteiger partial charge on any atom is 0.329 e. The van der Waals surface area contributed by atoms with E-state index in [9.17, 15) is 24.5 Å². The smallest absolute Gasteiger partial charge is 0.329 e. The summed E-state index contributed by atoms with van der Waals surface area (Å²) in [6.07, 6.45) is 0. The molecule has 7 rings (SSSR count). The molecule has 3 aliphatic carbocycles. The number of amides is 2. The lowest BCUT2D eigenvalue weighted by atomic mass is 9.54. The minimum atomic E-state index is -1.37. The Morgan fingerprint density at radius 2 is 1.41 bits per heavy atom. The molecule has 0 unspecified atom stereocenters. The van der Waals surface area contributed by atoms with Crippen molar-refractivity contribution in [3.8, 4) is 0 Å². The zero-order valence-electron chi connectivity index (χ0n) is 20.3. The summed E-state index contributed by atoms with van der Waals surface area (Å²) in [5, 5.41) is 11.5. The molecule has 4 aliphatic rings. The second kappa shape index (κ2) is 8.78. The number of nitro benzene ring substituents is 1. The van der Waals surface area contributed by atoms with E-state index in [1.54, 1.807) is 24.3 Å². The van der Waals surface area contributed by atoms with Crippen molar-refractivity contribution >= 4 is 58.3 Å². The number of nitro groups is 1. The molecule has 3 aromatic rings. The van der Waals surface area contributed by atoms with Gasteiger partial charge in [-0.05, 0) is 41.3 Å². The molecule has 39 heavy (non-hydrogen) atoms. The van der Waals surface area contributed by atoms with Crippen LogP contribution in [0.4, 0.5) is 5.69 Å². The van der Waals surface area contributed by atoms with Gasteiger partial charge >= 0.3 is 5.97 Å². The lowest BCUT2D eigenvalue weighted by molar-refractivity contribution is -0.385. The molecule has 11 heteroatoms. The van der Waals surface area contributed by atoms with Gasteiger partial charge in [0, 0.05) is 11.1 Å². The van der Waals surface area contributed by atoms with Gasteiger partial charge < -0.3 is 4.74 Å². The lowest BCUT2D eigenvalue weighted by Gasteiger charge is -2.54. The first kappa shape index (κ1) is 25.8. The molecule has 1 heterocycles. The van der Waals surface area contributed by atoms with Crippen molar-refractivity contribution in [2.45, 2.75) is 29.3 Å². The fourth-order valence-corrected chi connectivity index (χ4v) is 7.54. The fraction of sp³-hybridized carbons (Fsp3) is 0.250. The largest absolute Gasteiger partial charge is 0.459 e. The van der Waals surface area contributed by atoms with Crippen LogP contribution in [0.1, 0.15) is 34.7 Å². The number of ether oxygens (including phenoxy) is 1. The number of rotatable bonds is 5. The van der Waals surface area contributed by atoms with Gasteiger partial charge in [-0.15, -0.1) is 23.2 Å². The summed E-state index contributed by atoms with van der Waals surface area (Å²) in [5.74, 6) is -4.27. The van der Waals surface area contributed by atoms with Crippen molar-refractivity contribution < 1.29 is 24.0 Å². The van der Waals surface area contributed by atoms with E-state index >= 15 is 0 Å². The number of nitrogens with zero attached hydrogens (tertiary/aromatic N) is 2. The molecule has 1 fully saturated rings. The van der Waals surface area contributed by atoms with Crippen LogP contribution in [0, 0.1) is 22.0 Å². The Hall–Kier alpha value is -3.46. The number of esters is 1. The predicted molar refractivity (Wildman–Crippen MR) is 142 cm³/mol. The van der Waals surface area contributed by atoms with E-state index in [2.05, 4.69) is 0 Å². The molecular formula is C28H19Cl3N2O6. The number of benzene rings is 3. The van der Waals surface area contributed by atoms with Crippen molar-refractivity contribution in [3.63, 3.8) is 0 Å². The second-order valence-electron chi connectivity index (χ2n) is 9.83. The third-order valence-corrected chi connectivity index (χ3v) is 9.48. The Balaban J connectivity index is 1.35. The van der Waals surface area contributed by atoms with Crippen LogP contribution in [-0.4, -0.2) is 33.6 Å². The quantitative estimate of drug-likeness (QED) is 0.133. The molecule has 2 bridgehead atoms. The Kier molecular flexibility index (Phi) is 5.81. The van der Waals surface area contributed by atoms with Gasteiger partial charge in [0.05, 0.1) is 22.3 Å². The van der Waals surface area contributed by atoms with Crippen LogP contribution in [0.15, 0.2) is 66.7 Å². The number of likely N-dealkylation sites (tertiary alicyclic amines) is 1.